The fraction of sp³-hybridized carbons (Fsp3) is 0.800. The van der Waals surface area contributed by atoms with Crippen LogP contribution in [0.15, 0.2) is 11.6 Å². The molecule has 5 atom stereocenters. The van der Waals surface area contributed by atoms with Crippen LogP contribution in [0.2, 0.25) is 0 Å². The summed E-state index contributed by atoms with van der Waals surface area (Å²) >= 11 is 0. The Balaban J connectivity index is 2.06. The van der Waals surface area contributed by atoms with Crippen LogP contribution in [0.4, 0.5) is 0 Å². The van der Waals surface area contributed by atoms with Gasteiger partial charge in [0.15, 0.2) is 5.78 Å². The standard InChI is InChI=1S/C20H30O5/c1-12(2)20(25-24)9-6-14-13(11-20)15(21)10-16-18(14,3)7-5-8-19(16,4)17(22)23/h11-12,14,16,24H,5-10H2,1-4H3,(H,22,23)/t14-,16+,18+,19+,20+/m0/s1. The zero-order valence-corrected chi connectivity index (χ0v) is 15.7. The molecule has 2 N–H and O–H groups in total. The largest absolute Gasteiger partial charge is 0.481 e. The number of allylic oxidation sites excluding steroid dienone is 1. The summed E-state index contributed by atoms with van der Waals surface area (Å²) in [5, 5.41) is 19.4. The number of aliphatic carboxylic acids is 1. The first kappa shape index (κ1) is 18.6. The lowest BCUT2D eigenvalue weighted by Gasteiger charge is -2.58. The number of carbonyl (C=O) groups excluding carboxylic acids is 1. The zero-order chi connectivity index (χ0) is 18.6. The van der Waals surface area contributed by atoms with Crippen molar-refractivity contribution in [1.29, 1.82) is 0 Å². The maximum atomic E-state index is 13.0. The molecular weight excluding hydrogens is 320 g/mol. The van der Waals surface area contributed by atoms with E-state index in [9.17, 15) is 20.0 Å². The lowest BCUT2D eigenvalue weighted by molar-refractivity contribution is -0.323. The molecule has 0 saturated heterocycles. The van der Waals surface area contributed by atoms with Crippen LogP contribution in [0.5, 0.6) is 0 Å². The average molecular weight is 350 g/mol. The highest BCUT2D eigenvalue weighted by atomic mass is 17.1. The van der Waals surface area contributed by atoms with Crippen molar-refractivity contribution in [3.05, 3.63) is 11.6 Å². The van der Waals surface area contributed by atoms with Gasteiger partial charge in [-0.2, -0.15) is 0 Å². The number of hydrogen-bond acceptors (Lipinski definition) is 4. The summed E-state index contributed by atoms with van der Waals surface area (Å²) in [5.74, 6) is -0.777. The third-order valence-electron chi connectivity index (χ3n) is 7.72. The Morgan fingerprint density at radius 1 is 1.28 bits per heavy atom. The molecule has 0 aromatic heterocycles. The van der Waals surface area contributed by atoms with Gasteiger partial charge < -0.3 is 5.11 Å². The molecule has 0 spiro atoms. The monoisotopic (exact) mass is 350 g/mol. The molecule has 0 aliphatic heterocycles. The van der Waals surface area contributed by atoms with Crippen LogP contribution in [-0.2, 0) is 14.5 Å². The number of carbonyl (C=O) groups is 2. The fourth-order valence-corrected chi connectivity index (χ4v) is 5.90. The third kappa shape index (κ3) is 2.50. The second-order valence-electron chi connectivity index (χ2n) is 9.15. The van der Waals surface area contributed by atoms with E-state index >= 15 is 0 Å². The molecule has 5 nitrogen and oxygen atoms in total. The van der Waals surface area contributed by atoms with E-state index in [1.54, 1.807) is 0 Å². The van der Waals surface area contributed by atoms with Crippen LogP contribution in [-0.4, -0.2) is 27.7 Å². The first-order valence-corrected chi connectivity index (χ1v) is 9.42. The predicted molar refractivity (Wildman–Crippen MR) is 92.9 cm³/mol. The van der Waals surface area contributed by atoms with Crippen molar-refractivity contribution in [3.63, 3.8) is 0 Å². The minimum Gasteiger partial charge on any atom is -0.481 e. The summed E-state index contributed by atoms with van der Waals surface area (Å²) in [4.78, 5) is 29.8. The maximum Gasteiger partial charge on any atom is 0.309 e. The first-order chi connectivity index (χ1) is 11.6. The molecule has 140 valence electrons. The van der Waals surface area contributed by atoms with Gasteiger partial charge >= 0.3 is 5.97 Å². The lowest BCUT2D eigenvalue weighted by Crippen LogP contribution is -2.57. The molecule has 0 amide bonds. The Hall–Kier alpha value is -1.20. The van der Waals surface area contributed by atoms with E-state index in [1.807, 2.05) is 26.8 Å². The van der Waals surface area contributed by atoms with E-state index < -0.39 is 17.0 Å². The third-order valence-corrected chi connectivity index (χ3v) is 7.72. The molecule has 0 aromatic carbocycles. The maximum absolute atomic E-state index is 13.0. The highest BCUT2D eigenvalue weighted by Gasteiger charge is 2.61. The topological polar surface area (TPSA) is 83.8 Å². The van der Waals surface area contributed by atoms with Crippen molar-refractivity contribution in [2.45, 2.75) is 71.8 Å². The van der Waals surface area contributed by atoms with E-state index in [-0.39, 0.29) is 35.4 Å². The number of carboxylic acids is 1. The Kier molecular flexibility index (Phi) is 4.40. The van der Waals surface area contributed by atoms with Gasteiger partial charge in [-0.1, -0.05) is 27.2 Å². The molecule has 25 heavy (non-hydrogen) atoms. The molecule has 5 heteroatoms. The lowest BCUT2D eigenvalue weighted by atomic mass is 9.45. The Bertz CT molecular complexity index is 624. The predicted octanol–water partition coefficient (Wildman–Crippen LogP) is 4.08. The SMILES string of the molecule is CC(C)[C@]1(OO)C=C2C(=O)C[C@@H]3[C@](C)(CCC[C@@]3(C)C(=O)O)[C@H]2CC1. The van der Waals surface area contributed by atoms with Gasteiger partial charge in [-0.15, -0.1) is 0 Å². The minimum atomic E-state index is -0.839. The van der Waals surface area contributed by atoms with Crippen LogP contribution in [0.3, 0.4) is 0 Å². The zero-order valence-electron chi connectivity index (χ0n) is 15.7. The van der Waals surface area contributed by atoms with Crippen molar-refractivity contribution in [1.82, 2.24) is 0 Å². The molecule has 2 saturated carbocycles. The van der Waals surface area contributed by atoms with Crippen LogP contribution in [0, 0.1) is 28.6 Å². The molecule has 0 aromatic rings. The molecule has 0 bridgehead atoms. The van der Waals surface area contributed by atoms with Gasteiger partial charge in [0.25, 0.3) is 0 Å². The van der Waals surface area contributed by atoms with Crippen molar-refractivity contribution in [3.8, 4) is 0 Å². The summed E-state index contributed by atoms with van der Waals surface area (Å²) in [5.41, 5.74) is -1.09. The van der Waals surface area contributed by atoms with Gasteiger partial charge in [-0.3, -0.25) is 14.8 Å². The Morgan fingerprint density at radius 3 is 2.52 bits per heavy atom. The van der Waals surface area contributed by atoms with Gasteiger partial charge in [-0.25, -0.2) is 4.89 Å². The number of ketones is 1. The Morgan fingerprint density at radius 2 is 1.96 bits per heavy atom. The van der Waals surface area contributed by atoms with Crippen LogP contribution >= 0.6 is 0 Å². The van der Waals surface area contributed by atoms with Crippen molar-refractivity contribution < 1.29 is 24.8 Å². The number of carboxylic acid groups (broad SMARTS) is 1. The molecule has 3 aliphatic carbocycles. The summed E-state index contributed by atoms with van der Waals surface area (Å²) in [6.07, 6.45) is 5.98. The molecule has 3 rings (SSSR count). The fourth-order valence-electron chi connectivity index (χ4n) is 5.90. The smallest absolute Gasteiger partial charge is 0.309 e. The van der Waals surface area contributed by atoms with Crippen LogP contribution < -0.4 is 0 Å². The van der Waals surface area contributed by atoms with Crippen molar-refractivity contribution >= 4 is 11.8 Å². The second-order valence-corrected chi connectivity index (χ2v) is 9.15. The number of hydrogen-bond donors (Lipinski definition) is 2. The summed E-state index contributed by atoms with van der Waals surface area (Å²) in [7, 11) is 0. The normalized spacial score (nSPS) is 44.1. The molecule has 3 aliphatic rings. The van der Waals surface area contributed by atoms with Gasteiger partial charge in [-0.05, 0) is 67.4 Å². The van der Waals surface area contributed by atoms with Gasteiger partial charge in [0.2, 0.25) is 0 Å². The molecule has 0 unspecified atom stereocenters. The molecular formula is C20H30O5. The summed E-state index contributed by atoms with van der Waals surface area (Å²) in [6.45, 7) is 7.95. The highest BCUT2D eigenvalue weighted by molar-refractivity contribution is 5.98. The van der Waals surface area contributed by atoms with Gasteiger partial charge in [0, 0.05) is 6.42 Å². The van der Waals surface area contributed by atoms with E-state index in [2.05, 4.69) is 6.92 Å². The van der Waals surface area contributed by atoms with E-state index in [0.29, 0.717) is 12.8 Å². The van der Waals surface area contributed by atoms with Gasteiger partial charge in [0.05, 0.1) is 5.41 Å². The highest BCUT2D eigenvalue weighted by Crippen LogP contribution is 2.63. The van der Waals surface area contributed by atoms with Crippen LogP contribution in [0.1, 0.15) is 66.2 Å². The Labute approximate surface area is 149 Å². The van der Waals surface area contributed by atoms with Crippen molar-refractivity contribution in [2.75, 3.05) is 0 Å². The van der Waals surface area contributed by atoms with Gasteiger partial charge in [0.1, 0.15) is 5.60 Å². The summed E-state index contributed by atoms with van der Waals surface area (Å²) in [6, 6.07) is 0. The van der Waals surface area contributed by atoms with E-state index in [1.165, 1.54) is 0 Å². The number of Topliss-reactive ketones (excluding diaryl/α,β-unsaturated/α-hetero) is 1. The van der Waals surface area contributed by atoms with Crippen molar-refractivity contribution in [2.24, 2.45) is 28.6 Å². The molecule has 2 fully saturated rings. The molecule has 0 heterocycles. The molecule has 0 radical (unpaired) electrons. The number of fused-ring (bicyclic) bond motifs is 3. The average Bonchev–Trinajstić information content (AvgIpc) is 2.56. The minimum absolute atomic E-state index is 0.0311. The first-order valence-electron chi connectivity index (χ1n) is 9.42. The van der Waals surface area contributed by atoms with E-state index in [0.717, 1.165) is 24.8 Å². The summed E-state index contributed by atoms with van der Waals surface area (Å²) < 4.78 is 0. The second kappa shape index (κ2) is 5.92. The van der Waals surface area contributed by atoms with E-state index in [4.69, 9.17) is 4.89 Å². The quantitative estimate of drug-likeness (QED) is 0.592. The van der Waals surface area contributed by atoms with Crippen LogP contribution in [0.25, 0.3) is 0 Å². The number of rotatable bonds is 3.